The number of fused-ring (bicyclic) bond motifs is 1. The Morgan fingerprint density at radius 1 is 1.07 bits per heavy atom. The van der Waals surface area contributed by atoms with Gasteiger partial charge in [0.2, 0.25) is 0 Å². The summed E-state index contributed by atoms with van der Waals surface area (Å²) >= 11 is 0. The second kappa shape index (κ2) is 8.16. The normalized spacial score (nSPS) is 18.3. The van der Waals surface area contributed by atoms with Crippen LogP contribution in [-0.2, 0) is 13.0 Å². The van der Waals surface area contributed by atoms with Crippen molar-refractivity contribution in [3.63, 3.8) is 0 Å². The number of hydrogen-bond acceptors (Lipinski definition) is 3. The average Bonchev–Trinajstić information content (AvgIpc) is 3.38. The number of para-hydroxylation sites is 1. The Kier molecular flexibility index (Phi) is 5.28. The van der Waals surface area contributed by atoms with Gasteiger partial charge >= 0.3 is 0 Å². The highest BCUT2D eigenvalue weighted by molar-refractivity contribution is 5.79. The average molecular weight is 362 g/mol. The maximum absolute atomic E-state index is 5.97. The van der Waals surface area contributed by atoms with Gasteiger partial charge < -0.3 is 20.3 Å². The summed E-state index contributed by atoms with van der Waals surface area (Å²) in [7, 11) is 1.79. The molecule has 4 rings (SSSR count). The molecule has 0 spiro atoms. The fourth-order valence-electron chi connectivity index (χ4n) is 3.50. The Morgan fingerprint density at radius 2 is 1.85 bits per heavy atom. The number of anilines is 1. The summed E-state index contributed by atoms with van der Waals surface area (Å²) in [5.41, 5.74) is 3.78. The van der Waals surface area contributed by atoms with Crippen molar-refractivity contribution >= 4 is 11.6 Å². The fraction of sp³-hybridized carbons (Fsp3) is 0.318. The lowest BCUT2D eigenvalue weighted by Crippen LogP contribution is -2.41. The molecular formula is C22H26N4O. The maximum atomic E-state index is 5.97. The van der Waals surface area contributed by atoms with Gasteiger partial charge in [-0.05, 0) is 29.3 Å². The molecule has 2 aliphatic rings. The number of nitrogens with zero attached hydrogens (tertiary/aromatic N) is 2. The molecule has 0 amide bonds. The standard InChI is InChI=1S/C22H26N4O/c1-23-22(25-16-20-14-18-6-2-3-7-21(18)27-20)24-15-17-8-10-19(11-9-17)26-12-4-5-13-26/h2-11,20H,12-16H2,1H3,(H2,23,24,25). The van der Waals surface area contributed by atoms with Crippen molar-refractivity contribution < 1.29 is 4.74 Å². The third kappa shape index (κ3) is 4.25. The van der Waals surface area contributed by atoms with Crippen LogP contribution in [0.15, 0.2) is 65.7 Å². The Hall–Kier alpha value is -2.95. The van der Waals surface area contributed by atoms with Gasteiger partial charge in [-0.25, -0.2) is 0 Å². The highest BCUT2D eigenvalue weighted by Gasteiger charge is 2.22. The van der Waals surface area contributed by atoms with E-state index in [1.807, 2.05) is 12.1 Å². The predicted molar refractivity (Wildman–Crippen MR) is 111 cm³/mol. The van der Waals surface area contributed by atoms with Crippen molar-refractivity contribution in [3.05, 3.63) is 71.8 Å². The minimum Gasteiger partial charge on any atom is -0.488 e. The molecule has 2 heterocycles. The van der Waals surface area contributed by atoms with E-state index in [1.165, 1.54) is 16.8 Å². The molecule has 1 unspecified atom stereocenters. The molecule has 0 bridgehead atoms. The van der Waals surface area contributed by atoms with E-state index in [4.69, 9.17) is 4.74 Å². The van der Waals surface area contributed by atoms with Gasteiger partial charge in [0.25, 0.3) is 0 Å². The van der Waals surface area contributed by atoms with E-state index in [2.05, 4.69) is 69.1 Å². The van der Waals surface area contributed by atoms with Crippen molar-refractivity contribution in [2.24, 2.45) is 4.99 Å². The van der Waals surface area contributed by atoms with Crippen LogP contribution >= 0.6 is 0 Å². The first-order valence-corrected chi connectivity index (χ1v) is 9.50. The van der Waals surface area contributed by atoms with Gasteiger partial charge in [-0.2, -0.15) is 0 Å². The molecule has 0 aliphatic carbocycles. The lowest BCUT2D eigenvalue weighted by Gasteiger charge is -2.18. The summed E-state index contributed by atoms with van der Waals surface area (Å²) in [4.78, 5) is 6.66. The number of guanidine groups is 1. The highest BCUT2D eigenvalue weighted by Crippen LogP contribution is 2.27. The van der Waals surface area contributed by atoms with Crippen LogP contribution in [0.25, 0.3) is 0 Å². The molecule has 0 radical (unpaired) electrons. The van der Waals surface area contributed by atoms with E-state index in [0.717, 1.165) is 44.3 Å². The summed E-state index contributed by atoms with van der Waals surface area (Å²) in [5, 5.41) is 6.75. The first-order valence-electron chi connectivity index (χ1n) is 9.50. The third-order valence-electron chi connectivity index (χ3n) is 5.01. The van der Waals surface area contributed by atoms with Crippen LogP contribution in [0.4, 0.5) is 5.69 Å². The number of benzene rings is 2. The predicted octanol–water partition coefficient (Wildman–Crippen LogP) is 2.73. The molecular weight excluding hydrogens is 336 g/mol. The molecule has 140 valence electrons. The van der Waals surface area contributed by atoms with Crippen molar-refractivity contribution in [3.8, 4) is 5.75 Å². The number of hydrogen-bond donors (Lipinski definition) is 2. The highest BCUT2D eigenvalue weighted by atomic mass is 16.5. The van der Waals surface area contributed by atoms with E-state index in [-0.39, 0.29) is 6.10 Å². The zero-order valence-corrected chi connectivity index (χ0v) is 15.7. The van der Waals surface area contributed by atoms with Crippen molar-refractivity contribution in [1.82, 2.24) is 10.6 Å². The summed E-state index contributed by atoms with van der Waals surface area (Å²) in [5.74, 6) is 1.79. The minimum absolute atomic E-state index is 0.148. The second-order valence-corrected chi connectivity index (χ2v) is 6.90. The van der Waals surface area contributed by atoms with Crippen LogP contribution in [0, 0.1) is 0 Å². The maximum Gasteiger partial charge on any atom is 0.191 e. The largest absolute Gasteiger partial charge is 0.488 e. The van der Waals surface area contributed by atoms with Crippen LogP contribution < -0.4 is 20.3 Å². The summed E-state index contributed by atoms with van der Waals surface area (Å²) in [6.45, 7) is 3.47. The summed E-state index contributed by atoms with van der Waals surface area (Å²) in [6, 6.07) is 16.9. The third-order valence-corrected chi connectivity index (χ3v) is 5.01. The number of rotatable bonds is 5. The molecule has 0 aromatic heterocycles. The van der Waals surface area contributed by atoms with Crippen LogP contribution in [0.5, 0.6) is 5.75 Å². The minimum atomic E-state index is 0.148. The molecule has 0 saturated carbocycles. The van der Waals surface area contributed by atoms with Gasteiger partial charge in [0.05, 0.1) is 6.54 Å². The van der Waals surface area contributed by atoms with Crippen LogP contribution in [-0.4, -0.2) is 38.7 Å². The Balaban J connectivity index is 1.24. The van der Waals surface area contributed by atoms with Gasteiger partial charge in [0, 0.05) is 38.8 Å². The van der Waals surface area contributed by atoms with Gasteiger partial charge in [0.15, 0.2) is 5.96 Å². The summed E-state index contributed by atoms with van der Waals surface area (Å²) in [6.07, 6.45) is 5.50. The number of ether oxygens (including phenoxy) is 1. The topological polar surface area (TPSA) is 48.9 Å². The van der Waals surface area contributed by atoms with Gasteiger partial charge in [-0.3, -0.25) is 4.99 Å². The number of aliphatic imine (C=N–C) groups is 1. The second-order valence-electron chi connectivity index (χ2n) is 6.90. The van der Waals surface area contributed by atoms with E-state index < -0.39 is 0 Å². The van der Waals surface area contributed by atoms with E-state index in [0.29, 0.717) is 0 Å². The van der Waals surface area contributed by atoms with Crippen molar-refractivity contribution in [2.75, 3.05) is 31.6 Å². The lowest BCUT2D eigenvalue weighted by molar-refractivity contribution is 0.235. The van der Waals surface area contributed by atoms with Crippen molar-refractivity contribution in [2.45, 2.75) is 19.1 Å². The Morgan fingerprint density at radius 3 is 2.59 bits per heavy atom. The smallest absolute Gasteiger partial charge is 0.191 e. The van der Waals surface area contributed by atoms with E-state index >= 15 is 0 Å². The Bertz CT molecular complexity index is 795. The van der Waals surface area contributed by atoms with Crippen molar-refractivity contribution in [1.29, 1.82) is 0 Å². The van der Waals surface area contributed by atoms with Gasteiger partial charge in [-0.15, -0.1) is 0 Å². The first kappa shape index (κ1) is 17.5. The monoisotopic (exact) mass is 362 g/mol. The quantitative estimate of drug-likeness (QED) is 0.488. The zero-order valence-electron chi connectivity index (χ0n) is 15.7. The van der Waals surface area contributed by atoms with Crippen LogP contribution in [0.2, 0.25) is 0 Å². The van der Waals surface area contributed by atoms with E-state index in [9.17, 15) is 0 Å². The zero-order chi connectivity index (χ0) is 18.5. The van der Waals surface area contributed by atoms with E-state index in [1.54, 1.807) is 7.05 Å². The molecule has 0 fully saturated rings. The number of nitrogens with one attached hydrogen (secondary N) is 2. The van der Waals surface area contributed by atoms with Crippen LogP contribution in [0.3, 0.4) is 0 Å². The molecule has 5 nitrogen and oxygen atoms in total. The molecule has 2 aromatic carbocycles. The molecule has 1 atom stereocenters. The SMILES string of the molecule is CN=C(NCc1ccc(N2CC=CC2)cc1)NCC1Cc2ccccc2O1. The lowest BCUT2D eigenvalue weighted by atomic mass is 10.1. The molecule has 2 aliphatic heterocycles. The van der Waals surface area contributed by atoms with Gasteiger partial charge in [-0.1, -0.05) is 42.5 Å². The summed E-state index contributed by atoms with van der Waals surface area (Å²) < 4.78 is 5.97. The molecule has 0 saturated heterocycles. The van der Waals surface area contributed by atoms with Crippen LogP contribution in [0.1, 0.15) is 11.1 Å². The fourth-order valence-corrected chi connectivity index (χ4v) is 3.50. The molecule has 5 heteroatoms. The molecule has 2 aromatic rings. The van der Waals surface area contributed by atoms with Gasteiger partial charge in [0.1, 0.15) is 11.9 Å². The molecule has 2 N–H and O–H groups in total. The first-order chi connectivity index (χ1) is 13.3. The Labute approximate surface area is 160 Å². The molecule has 27 heavy (non-hydrogen) atoms.